The Kier molecular flexibility index (Phi) is 4.14. The number of rotatable bonds is 4. The molecule has 2 atom stereocenters. The van der Waals surface area contributed by atoms with Gasteiger partial charge in [0.15, 0.2) is 0 Å². The van der Waals surface area contributed by atoms with Crippen molar-refractivity contribution in [3.8, 4) is 0 Å². The molecule has 0 amide bonds. The van der Waals surface area contributed by atoms with E-state index in [2.05, 4.69) is 39.2 Å². The topological polar surface area (TPSA) is 40.5 Å². The Morgan fingerprint density at radius 3 is 2.89 bits per heavy atom. The molecular weight excluding hydrogens is 314 g/mol. The average Bonchev–Trinajstić information content (AvgIpc) is 2.95. The summed E-state index contributed by atoms with van der Waals surface area (Å²) < 4.78 is 1.11. The number of carboxylic acid groups (broad SMARTS) is 1. The number of carboxylic acids is 1. The minimum Gasteiger partial charge on any atom is -0.481 e. The summed E-state index contributed by atoms with van der Waals surface area (Å²) in [6.07, 6.45) is 1.47. The fourth-order valence-corrected chi connectivity index (χ4v) is 4.11. The van der Waals surface area contributed by atoms with Crippen molar-refractivity contribution in [2.75, 3.05) is 13.1 Å². The van der Waals surface area contributed by atoms with Crippen LogP contribution in [0.4, 0.5) is 0 Å². The first-order chi connectivity index (χ1) is 8.48. The molecule has 3 nitrogen and oxygen atoms in total. The number of halogens is 1. The molecule has 0 saturated carbocycles. The smallest absolute Gasteiger partial charge is 0.310 e. The molecule has 18 heavy (non-hydrogen) atoms. The highest BCUT2D eigenvalue weighted by molar-refractivity contribution is 9.10. The Hall–Kier alpha value is -0.390. The third kappa shape index (κ3) is 2.49. The van der Waals surface area contributed by atoms with E-state index in [1.807, 2.05) is 6.92 Å². The maximum Gasteiger partial charge on any atom is 0.310 e. The summed E-state index contributed by atoms with van der Waals surface area (Å²) in [4.78, 5) is 15.0. The van der Waals surface area contributed by atoms with Crippen molar-refractivity contribution < 1.29 is 9.90 Å². The lowest BCUT2D eigenvalue weighted by Crippen LogP contribution is -2.34. The van der Waals surface area contributed by atoms with Crippen LogP contribution >= 0.6 is 27.3 Å². The van der Waals surface area contributed by atoms with Gasteiger partial charge in [-0.15, -0.1) is 11.3 Å². The largest absolute Gasteiger partial charge is 0.481 e. The fourth-order valence-electron chi connectivity index (χ4n) is 2.58. The Balaban J connectivity index is 2.11. The fraction of sp³-hybridized carbons (Fsp3) is 0.615. The molecule has 1 aromatic heterocycles. The van der Waals surface area contributed by atoms with Gasteiger partial charge in [0.05, 0.1) is 5.41 Å². The number of likely N-dealkylation sites (tertiary alicyclic amines) is 1. The summed E-state index contributed by atoms with van der Waals surface area (Å²) in [6, 6.07) is 2.43. The predicted octanol–water partition coefficient (Wildman–Crippen LogP) is 3.76. The highest BCUT2D eigenvalue weighted by Crippen LogP contribution is 2.39. The molecule has 0 spiro atoms. The van der Waals surface area contributed by atoms with E-state index in [0.29, 0.717) is 19.0 Å². The van der Waals surface area contributed by atoms with Gasteiger partial charge >= 0.3 is 5.97 Å². The van der Waals surface area contributed by atoms with E-state index in [1.54, 1.807) is 11.3 Å². The molecule has 2 rings (SSSR count). The van der Waals surface area contributed by atoms with Crippen molar-refractivity contribution in [2.24, 2.45) is 5.41 Å². The molecular formula is C13H18BrNO2S. The molecule has 1 aliphatic heterocycles. The van der Waals surface area contributed by atoms with Crippen LogP contribution in [0, 0.1) is 5.41 Å². The second-order valence-electron chi connectivity index (χ2n) is 5.00. The van der Waals surface area contributed by atoms with Crippen molar-refractivity contribution in [2.45, 2.75) is 32.7 Å². The van der Waals surface area contributed by atoms with Crippen molar-refractivity contribution >= 4 is 33.2 Å². The van der Waals surface area contributed by atoms with Crippen LogP contribution in [-0.2, 0) is 4.79 Å². The molecule has 1 aliphatic rings. The van der Waals surface area contributed by atoms with Crippen molar-refractivity contribution in [3.63, 3.8) is 0 Å². The Bertz CT molecular complexity index is 448. The first kappa shape index (κ1) is 14.0. The minimum absolute atomic E-state index is 0.300. The van der Waals surface area contributed by atoms with Gasteiger partial charge in [-0.1, -0.05) is 6.92 Å². The highest BCUT2D eigenvalue weighted by Gasteiger charge is 2.44. The summed E-state index contributed by atoms with van der Waals surface area (Å²) >= 11 is 5.19. The number of aliphatic carboxylic acids is 1. The predicted molar refractivity (Wildman–Crippen MR) is 77.0 cm³/mol. The number of hydrogen-bond acceptors (Lipinski definition) is 3. The lowest BCUT2D eigenvalue weighted by atomic mass is 9.84. The lowest BCUT2D eigenvalue weighted by molar-refractivity contribution is -0.148. The molecule has 1 fully saturated rings. The van der Waals surface area contributed by atoms with Crippen LogP contribution in [0.3, 0.4) is 0 Å². The van der Waals surface area contributed by atoms with Gasteiger partial charge in [0.2, 0.25) is 0 Å². The number of thiophene rings is 1. The highest BCUT2D eigenvalue weighted by atomic mass is 79.9. The van der Waals surface area contributed by atoms with Gasteiger partial charge in [-0.3, -0.25) is 9.69 Å². The zero-order valence-electron chi connectivity index (χ0n) is 10.6. The molecule has 0 bridgehead atoms. The molecule has 0 radical (unpaired) electrons. The van der Waals surface area contributed by atoms with Gasteiger partial charge in [-0.05, 0) is 48.3 Å². The van der Waals surface area contributed by atoms with Crippen molar-refractivity contribution in [1.82, 2.24) is 4.90 Å². The lowest BCUT2D eigenvalue weighted by Gasteiger charge is -2.26. The van der Waals surface area contributed by atoms with E-state index in [4.69, 9.17) is 0 Å². The Labute approximate surface area is 120 Å². The Morgan fingerprint density at radius 2 is 2.44 bits per heavy atom. The summed E-state index contributed by atoms with van der Waals surface area (Å²) in [5, 5.41) is 11.5. The van der Waals surface area contributed by atoms with E-state index in [-0.39, 0.29) is 0 Å². The van der Waals surface area contributed by atoms with Crippen LogP contribution in [0.25, 0.3) is 0 Å². The number of carbonyl (C=O) groups is 1. The number of hydrogen-bond donors (Lipinski definition) is 1. The van der Waals surface area contributed by atoms with Crippen LogP contribution in [0.1, 0.15) is 37.6 Å². The molecule has 5 heteroatoms. The number of nitrogens with zero attached hydrogens (tertiary/aromatic N) is 1. The monoisotopic (exact) mass is 331 g/mol. The Morgan fingerprint density at radius 1 is 1.72 bits per heavy atom. The minimum atomic E-state index is -0.646. The van der Waals surface area contributed by atoms with Gasteiger partial charge in [0.25, 0.3) is 0 Å². The SMILES string of the molecule is CCC1(C(=O)O)CCN(C(C)c2cc(Br)cs2)C1. The molecule has 2 heterocycles. The second-order valence-corrected chi connectivity index (χ2v) is 6.86. The van der Waals surface area contributed by atoms with E-state index in [0.717, 1.165) is 17.4 Å². The quantitative estimate of drug-likeness (QED) is 0.913. The molecule has 1 N–H and O–H groups in total. The summed E-state index contributed by atoms with van der Waals surface area (Å²) in [5.74, 6) is -0.646. The van der Waals surface area contributed by atoms with Crippen LogP contribution in [0.2, 0.25) is 0 Å². The van der Waals surface area contributed by atoms with Gasteiger partial charge < -0.3 is 5.11 Å². The van der Waals surface area contributed by atoms with Crippen LogP contribution in [0.5, 0.6) is 0 Å². The van der Waals surface area contributed by atoms with Crippen LogP contribution in [-0.4, -0.2) is 29.1 Å². The standard InChI is InChI=1S/C13H18BrNO2S/c1-3-13(12(16)17)4-5-15(8-13)9(2)11-6-10(14)7-18-11/h6-7,9H,3-5,8H2,1-2H3,(H,16,17). The van der Waals surface area contributed by atoms with Gasteiger partial charge in [-0.25, -0.2) is 0 Å². The third-order valence-corrected chi connectivity index (χ3v) is 5.92. The summed E-state index contributed by atoms with van der Waals surface area (Å²) in [6.45, 7) is 5.67. The molecule has 2 unspecified atom stereocenters. The maximum atomic E-state index is 11.4. The molecule has 0 aliphatic carbocycles. The molecule has 100 valence electrons. The van der Waals surface area contributed by atoms with Gasteiger partial charge in [0.1, 0.15) is 0 Å². The first-order valence-corrected chi connectivity index (χ1v) is 7.87. The summed E-state index contributed by atoms with van der Waals surface area (Å²) in [5.41, 5.74) is -0.539. The average molecular weight is 332 g/mol. The van der Waals surface area contributed by atoms with E-state index >= 15 is 0 Å². The zero-order valence-corrected chi connectivity index (χ0v) is 13.1. The van der Waals surface area contributed by atoms with E-state index < -0.39 is 11.4 Å². The van der Waals surface area contributed by atoms with Crippen LogP contribution < -0.4 is 0 Å². The van der Waals surface area contributed by atoms with E-state index in [1.165, 1.54) is 4.88 Å². The molecule has 1 saturated heterocycles. The zero-order chi connectivity index (χ0) is 13.3. The normalized spacial score (nSPS) is 26.4. The summed E-state index contributed by atoms with van der Waals surface area (Å²) in [7, 11) is 0. The van der Waals surface area contributed by atoms with Gasteiger partial charge in [-0.2, -0.15) is 0 Å². The maximum absolute atomic E-state index is 11.4. The molecule has 1 aromatic rings. The molecule has 0 aromatic carbocycles. The second kappa shape index (κ2) is 5.31. The van der Waals surface area contributed by atoms with Crippen LogP contribution in [0.15, 0.2) is 15.9 Å². The first-order valence-electron chi connectivity index (χ1n) is 6.20. The third-order valence-electron chi connectivity index (χ3n) is 4.06. The van der Waals surface area contributed by atoms with Crippen molar-refractivity contribution in [1.29, 1.82) is 0 Å². The van der Waals surface area contributed by atoms with E-state index in [9.17, 15) is 9.90 Å². The van der Waals surface area contributed by atoms with Crippen molar-refractivity contribution in [3.05, 3.63) is 20.8 Å². The van der Waals surface area contributed by atoms with Gasteiger partial charge in [0, 0.05) is 27.3 Å².